The Morgan fingerprint density at radius 1 is 1.10 bits per heavy atom. The number of anilines is 3. The van der Waals surface area contributed by atoms with Gasteiger partial charge in [-0.15, -0.1) is 0 Å². The Kier molecular flexibility index (Phi) is 5.58. The number of rotatable bonds is 5. The van der Waals surface area contributed by atoms with E-state index < -0.39 is 6.43 Å². The van der Waals surface area contributed by atoms with Crippen molar-refractivity contribution in [1.29, 1.82) is 0 Å². The van der Waals surface area contributed by atoms with E-state index in [-0.39, 0.29) is 17.1 Å². The van der Waals surface area contributed by atoms with Crippen LogP contribution in [0, 0.1) is 0 Å². The Balaban J connectivity index is 1.76. The maximum atomic E-state index is 13.1. The van der Waals surface area contributed by atoms with Crippen molar-refractivity contribution in [2.45, 2.75) is 70.9 Å². The van der Waals surface area contributed by atoms with E-state index in [0.717, 1.165) is 31.3 Å². The second-order valence-electron chi connectivity index (χ2n) is 8.93. The predicted octanol–water partition coefficient (Wildman–Crippen LogP) is 6.22. The summed E-state index contributed by atoms with van der Waals surface area (Å²) in [6.07, 6.45) is 4.84. The van der Waals surface area contributed by atoms with Gasteiger partial charge >= 0.3 is 0 Å². The highest BCUT2D eigenvalue weighted by molar-refractivity contribution is 5.76. The van der Waals surface area contributed by atoms with Gasteiger partial charge in [0.25, 0.3) is 6.43 Å². The minimum atomic E-state index is -2.51. The van der Waals surface area contributed by atoms with Crippen molar-refractivity contribution >= 4 is 28.7 Å². The molecule has 0 bridgehead atoms. The standard InChI is InChI=1S/C22H28F2N6/c1-22(2,3)29-20-25-13-17-19(28-20)30(16-10-5-4-6-11-16)21(27-17)26-15-9-7-8-14(12-15)18(23)24/h7-9,12-13,16,18H,4-6,10-11H2,1-3H3,(H,26,27)(H,25,28,29). The number of fused-ring (bicyclic) bond motifs is 1. The zero-order valence-corrected chi connectivity index (χ0v) is 17.6. The molecule has 0 unspecified atom stereocenters. The predicted molar refractivity (Wildman–Crippen MR) is 116 cm³/mol. The third-order valence-corrected chi connectivity index (χ3v) is 5.25. The average molecular weight is 415 g/mol. The molecule has 4 rings (SSSR count). The van der Waals surface area contributed by atoms with Crippen LogP contribution in [0.2, 0.25) is 0 Å². The topological polar surface area (TPSA) is 67.7 Å². The highest BCUT2D eigenvalue weighted by Gasteiger charge is 2.24. The van der Waals surface area contributed by atoms with Gasteiger partial charge in [-0.2, -0.15) is 4.98 Å². The van der Waals surface area contributed by atoms with Crippen molar-refractivity contribution in [2.24, 2.45) is 0 Å². The Morgan fingerprint density at radius 2 is 1.87 bits per heavy atom. The Morgan fingerprint density at radius 3 is 2.57 bits per heavy atom. The van der Waals surface area contributed by atoms with Crippen molar-refractivity contribution < 1.29 is 8.78 Å². The smallest absolute Gasteiger partial charge is 0.263 e. The van der Waals surface area contributed by atoms with E-state index in [0.29, 0.717) is 23.1 Å². The Labute approximate surface area is 175 Å². The zero-order valence-electron chi connectivity index (χ0n) is 17.6. The SMILES string of the molecule is CC(C)(C)Nc1ncc2nc(Nc3cccc(C(F)F)c3)n(C3CCCCC3)c2n1. The van der Waals surface area contributed by atoms with Crippen LogP contribution in [0.3, 0.4) is 0 Å². The van der Waals surface area contributed by atoms with Crippen LogP contribution in [-0.4, -0.2) is 25.1 Å². The number of benzene rings is 1. The molecule has 6 nitrogen and oxygen atoms in total. The van der Waals surface area contributed by atoms with Crippen molar-refractivity contribution in [3.63, 3.8) is 0 Å². The lowest BCUT2D eigenvalue weighted by atomic mass is 9.95. The quantitative estimate of drug-likeness (QED) is 0.518. The number of hydrogen-bond acceptors (Lipinski definition) is 5. The van der Waals surface area contributed by atoms with Crippen LogP contribution in [-0.2, 0) is 0 Å². The van der Waals surface area contributed by atoms with Crippen molar-refractivity contribution in [1.82, 2.24) is 19.5 Å². The third-order valence-electron chi connectivity index (χ3n) is 5.25. The maximum Gasteiger partial charge on any atom is 0.263 e. The zero-order chi connectivity index (χ0) is 21.3. The molecule has 1 saturated carbocycles. The summed E-state index contributed by atoms with van der Waals surface area (Å²) in [6.45, 7) is 6.17. The minimum Gasteiger partial charge on any atom is -0.350 e. The number of nitrogens with zero attached hydrogens (tertiary/aromatic N) is 4. The van der Waals surface area contributed by atoms with Crippen LogP contribution in [0.5, 0.6) is 0 Å². The van der Waals surface area contributed by atoms with Gasteiger partial charge in [0.2, 0.25) is 11.9 Å². The third kappa shape index (κ3) is 4.52. The van der Waals surface area contributed by atoms with Gasteiger partial charge in [-0.3, -0.25) is 4.57 Å². The van der Waals surface area contributed by atoms with Crippen LogP contribution >= 0.6 is 0 Å². The van der Waals surface area contributed by atoms with Crippen molar-refractivity contribution in [3.05, 3.63) is 36.0 Å². The second-order valence-corrected chi connectivity index (χ2v) is 8.93. The van der Waals surface area contributed by atoms with E-state index in [2.05, 4.69) is 41.0 Å². The van der Waals surface area contributed by atoms with Gasteiger partial charge in [-0.05, 0) is 45.7 Å². The summed E-state index contributed by atoms with van der Waals surface area (Å²) < 4.78 is 28.4. The summed E-state index contributed by atoms with van der Waals surface area (Å²) >= 11 is 0. The molecule has 30 heavy (non-hydrogen) atoms. The fourth-order valence-electron chi connectivity index (χ4n) is 3.94. The summed E-state index contributed by atoms with van der Waals surface area (Å²) in [6, 6.07) is 6.56. The van der Waals surface area contributed by atoms with Crippen LogP contribution in [0.25, 0.3) is 11.2 Å². The highest BCUT2D eigenvalue weighted by atomic mass is 19.3. The molecule has 3 aromatic rings. The lowest BCUT2D eigenvalue weighted by Crippen LogP contribution is -2.27. The molecule has 2 N–H and O–H groups in total. The van der Waals surface area contributed by atoms with Crippen LogP contribution < -0.4 is 10.6 Å². The van der Waals surface area contributed by atoms with Crippen LogP contribution in [0.15, 0.2) is 30.5 Å². The largest absolute Gasteiger partial charge is 0.350 e. The molecule has 1 fully saturated rings. The molecule has 0 atom stereocenters. The number of alkyl halides is 2. The average Bonchev–Trinajstić information content (AvgIpc) is 3.04. The molecular formula is C22H28F2N6. The first kappa shape index (κ1) is 20.5. The fraction of sp³-hybridized carbons (Fsp3) is 0.500. The summed E-state index contributed by atoms with van der Waals surface area (Å²) in [5.41, 5.74) is 1.85. The lowest BCUT2D eigenvalue weighted by Gasteiger charge is -2.25. The fourth-order valence-corrected chi connectivity index (χ4v) is 3.94. The summed E-state index contributed by atoms with van der Waals surface area (Å²) in [5.74, 6) is 1.17. The lowest BCUT2D eigenvalue weighted by molar-refractivity contribution is 0.151. The number of hydrogen-bond donors (Lipinski definition) is 2. The van der Waals surface area contributed by atoms with E-state index in [1.807, 2.05) is 0 Å². The van der Waals surface area contributed by atoms with E-state index in [1.165, 1.54) is 18.6 Å². The van der Waals surface area contributed by atoms with Crippen LogP contribution in [0.1, 0.15) is 70.9 Å². The number of nitrogens with one attached hydrogen (secondary N) is 2. The summed E-state index contributed by atoms with van der Waals surface area (Å²) in [7, 11) is 0. The molecule has 160 valence electrons. The highest BCUT2D eigenvalue weighted by Crippen LogP contribution is 2.35. The molecule has 0 radical (unpaired) electrons. The van der Waals surface area contributed by atoms with E-state index in [9.17, 15) is 8.78 Å². The van der Waals surface area contributed by atoms with Crippen molar-refractivity contribution in [2.75, 3.05) is 10.6 Å². The monoisotopic (exact) mass is 414 g/mol. The van der Waals surface area contributed by atoms with Gasteiger partial charge in [0, 0.05) is 22.8 Å². The van der Waals surface area contributed by atoms with Gasteiger partial charge in [0.1, 0.15) is 5.52 Å². The Hall–Kier alpha value is -2.77. The van der Waals surface area contributed by atoms with E-state index in [4.69, 9.17) is 9.97 Å². The Bertz CT molecular complexity index is 1020. The van der Waals surface area contributed by atoms with Gasteiger partial charge in [0.05, 0.1) is 6.20 Å². The summed E-state index contributed by atoms with van der Waals surface area (Å²) in [5, 5.41) is 6.57. The molecule has 1 aliphatic carbocycles. The van der Waals surface area contributed by atoms with E-state index >= 15 is 0 Å². The van der Waals surface area contributed by atoms with E-state index in [1.54, 1.807) is 18.3 Å². The van der Waals surface area contributed by atoms with Gasteiger partial charge in [-0.25, -0.2) is 18.7 Å². The normalized spacial score (nSPS) is 15.7. The number of imidazole rings is 1. The summed E-state index contributed by atoms with van der Waals surface area (Å²) in [4.78, 5) is 13.9. The maximum absolute atomic E-state index is 13.1. The van der Waals surface area contributed by atoms with Crippen molar-refractivity contribution in [3.8, 4) is 0 Å². The molecule has 1 aliphatic rings. The molecule has 0 spiro atoms. The molecule has 0 saturated heterocycles. The molecule has 1 aromatic carbocycles. The number of halogens is 2. The minimum absolute atomic E-state index is 0.0169. The first-order chi connectivity index (χ1) is 14.3. The van der Waals surface area contributed by atoms with Gasteiger partial charge < -0.3 is 10.6 Å². The molecule has 8 heteroatoms. The van der Waals surface area contributed by atoms with Crippen LogP contribution in [0.4, 0.5) is 26.4 Å². The molecular weight excluding hydrogens is 386 g/mol. The second kappa shape index (κ2) is 8.16. The first-order valence-corrected chi connectivity index (χ1v) is 10.5. The van der Waals surface area contributed by atoms with Gasteiger partial charge in [0.15, 0.2) is 5.65 Å². The molecule has 2 heterocycles. The molecule has 0 aliphatic heterocycles. The molecule has 0 amide bonds. The molecule has 2 aromatic heterocycles. The van der Waals surface area contributed by atoms with Gasteiger partial charge in [-0.1, -0.05) is 31.4 Å². The first-order valence-electron chi connectivity index (χ1n) is 10.5. The number of aromatic nitrogens is 4.